The lowest BCUT2D eigenvalue weighted by atomic mass is 10.1. The third kappa shape index (κ3) is 1.88. The van der Waals surface area contributed by atoms with Crippen LogP contribution in [0.2, 0.25) is 0 Å². The van der Waals surface area contributed by atoms with Crippen LogP contribution >= 0.6 is 0 Å². The highest BCUT2D eigenvalue weighted by Crippen LogP contribution is 2.38. The molecule has 0 aliphatic carbocycles. The Kier molecular flexibility index (Phi) is 2.41. The molecule has 0 saturated carbocycles. The molecule has 0 fully saturated rings. The summed E-state index contributed by atoms with van der Waals surface area (Å²) < 4.78 is 37.8. The molecule has 2 aromatic rings. The van der Waals surface area contributed by atoms with E-state index in [0.29, 0.717) is 6.07 Å². The molecule has 5 nitrogen and oxygen atoms in total. The Morgan fingerprint density at radius 2 is 1.82 bits per heavy atom. The highest BCUT2D eigenvalue weighted by atomic mass is 19.4. The minimum atomic E-state index is -4.80. The zero-order valence-corrected chi connectivity index (χ0v) is 8.10. The molecular formula is C9H4F3N3O2. The molecular weight excluding hydrogens is 239 g/mol. The summed E-state index contributed by atoms with van der Waals surface area (Å²) in [7, 11) is 0. The van der Waals surface area contributed by atoms with Gasteiger partial charge in [0.25, 0.3) is 0 Å². The molecule has 0 aliphatic rings. The van der Waals surface area contributed by atoms with Crippen molar-refractivity contribution in [2.24, 2.45) is 0 Å². The number of benzene rings is 1. The summed E-state index contributed by atoms with van der Waals surface area (Å²) >= 11 is 0. The van der Waals surface area contributed by atoms with E-state index in [-0.39, 0.29) is 11.0 Å². The normalized spacial score (nSPS) is 11.7. The lowest BCUT2D eigenvalue weighted by molar-refractivity contribution is -0.386. The number of aromatic nitrogens is 2. The van der Waals surface area contributed by atoms with Crippen molar-refractivity contribution in [1.82, 2.24) is 9.97 Å². The second-order valence-corrected chi connectivity index (χ2v) is 3.14. The van der Waals surface area contributed by atoms with Gasteiger partial charge in [0, 0.05) is 12.4 Å². The SMILES string of the molecule is O=[N+]([O-])c1c(C(F)(F)F)ccc2nccnc12. The average molecular weight is 243 g/mol. The second kappa shape index (κ2) is 3.65. The average Bonchev–Trinajstić information content (AvgIpc) is 2.26. The number of halogens is 3. The molecule has 0 N–H and O–H groups in total. The topological polar surface area (TPSA) is 68.9 Å². The molecule has 8 heteroatoms. The van der Waals surface area contributed by atoms with E-state index in [4.69, 9.17) is 0 Å². The third-order valence-electron chi connectivity index (χ3n) is 2.10. The number of rotatable bonds is 1. The van der Waals surface area contributed by atoms with Crippen molar-refractivity contribution < 1.29 is 18.1 Å². The maximum atomic E-state index is 12.6. The predicted octanol–water partition coefficient (Wildman–Crippen LogP) is 2.56. The van der Waals surface area contributed by atoms with Gasteiger partial charge < -0.3 is 0 Å². The molecule has 0 atom stereocenters. The summed E-state index contributed by atoms with van der Waals surface area (Å²) in [5.41, 5.74) is -2.71. The lowest BCUT2D eigenvalue weighted by Gasteiger charge is -2.08. The Bertz CT molecular complexity index is 598. The molecule has 1 aromatic heterocycles. The zero-order valence-electron chi connectivity index (χ0n) is 8.10. The Morgan fingerprint density at radius 1 is 1.18 bits per heavy atom. The second-order valence-electron chi connectivity index (χ2n) is 3.14. The van der Waals surface area contributed by atoms with E-state index in [9.17, 15) is 23.3 Å². The van der Waals surface area contributed by atoms with Crippen molar-refractivity contribution in [1.29, 1.82) is 0 Å². The molecule has 0 radical (unpaired) electrons. The highest BCUT2D eigenvalue weighted by molar-refractivity contribution is 5.85. The Hall–Kier alpha value is -2.25. The Labute approximate surface area is 92.1 Å². The Morgan fingerprint density at radius 3 is 2.41 bits per heavy atom. The Balaban J connectivity index is 2.87. The van der Waals surface area contributed by atoms with E-state index < -0.39 is 22.4 Å². The maximum absolute atomic E-state index is 12.6. The first-order valence-corrected chi connectivity index (χ1v) is 4.36. The van der Waals surface area contributed by atoms with Crippen LogP contribution in [0.15, 0.2) is 24.5 Å². The first kappa shape index (κ1) is 11.2. The first-order valence-electron chi connectivity index (χ1n) is 4.36. The van der Waals surface area contributed by atoms with Gasteiger partial charge in [0.2, 0.25) is 0 Å². The lowest BCUT2D eigenvalue weighted by Crippen LogP contribution is -2.09. The van der Waals surface area contributed by atoms with E-state index in [0.717, 1.165) is 12.3 Å². The van der Waals surface area contributed by atoms with E-state index in [1.807, 2.05) is 0 Å². The standard InChI is InChI=1S/C9H4F3N3O2/c10-9(11,12)5-1-2-6-7(8(5)15(16)17)14-4-3-13-6/h1-4H. The number of alkyl halides is 3. The van der Waals surface area contributed by atoms with Crippen LogP contribution in [0.4, 0.5) is 18.9 Å². The van der Waals surface area contributed by atoms with Crippen molar-refractivity contribution in [2.45, 2.75) is 6.18 Å². The van der Waals surface area contributed by atoms with Crippen LogP contribution in [0.5, 0.6) is 0 Å². The van der Waals surface area contributed by atoms with Gasteiger partial charge in [-0.15, -0.1) is 0 Å². The zero-order chi connectivity index (χ0) is 12.6. The molecule has 0 unspecified atom stereocenters. The summed E-state index contributed by atoms with van der Waals surface area (Å²) in [6, 6.07) is 1.69. The smallest absolute Gasteiger partial charge is 0.258 e. The van der Waals surface area contributed by atoms with Crippen molar-refractivity contribution in [3.05, 3.63) is 40.2 Å². The van der Waals surface area contributed by atoms with Crippen LogP contribution in [0.1, 0.15) is 5.56 Å². The van der Waals surface area contributed by atoms with Gasteiger partial charge in [0.1, 0.15) is 5.56 Å². The minimum Gasteiger partial charge on any atom is -0.258 e. The first-order chi connectivity index (χ1) is 7.91. The van der Waals surface area contributed by atoms with E-state index in [1.165, 1.54) is 6.20 Å². The van der Waals surface area contributed by atoms with Gasteiger partial charge in [0.15, 0.2) is 5.52 Å². The molecule has 1 aromatic carbocycles. The van der Waals surface area contributed by atoms with Crippen molar-refractivity contribution in [2.75, 3.05) is 0 Å². The fourth-order valence-corrected chi connectivity index (χ4v) is 1.44. The molecule has 0 saturated heterocycles. The van der Waals surface area contributed by atoms with Crippen LogP contribution in [-0.4, -0.2) is 14.9 Å². The van der Waals surface area contributed by atoms with Gasteiger partial charge in [-0.2, -0.15) is 13.2 Å². The molecule has 0 spiro atoms. The number of fused-ring (bicyclic) bond motifs is 1. The molecule has 0 bridgehead atoms. The fraction of sp³-hybridized carbons (Fsp3) is 0.111. The summed E-state index contributed by atoms with van der Waals surface area (Å²) in [6.07, 6.45) is -2.44. The summed E-state index contributed by atoms with van der Waals surface area (Å²) in [4.78, 5) is 16.9. The quantitative estimate of drug-likeness (QED) is 0.570. The molecule has 1 heterocycles. The molecule has 17 heavy (non-hydrogen) atoms. The van der Waals surface area contributed by atoms with Gasteiger partial charge >= 0.3 is 11.9 Å². The molecule has 0 aliphatic heterocycles. The summed E-state index contributed by atoms with van der Waals surface area (Å²) in [5.74, 6) is 0. The number of nitro benzene ring substituents is 1. The van der Waals surface area contributed by atoms with Gasteiger partial charge in [0.05, 0.1) is 10.4 Å². The van der Waals surface area contributed by atoms with Crippen LogP contribution in [0.3, 0.4) is 0 Å². The number of hydrogen-bond donors (Lipinski definition) is 0. The van der Waals surface area contributed by atoms with Gasteiger partial charge in [-0.1, -0.05) is 0 Å². The monoisotopic (exact) mass is 243 g/mol. The van der Waals surface area contributed by atoms with Crippen LogP contribution < -0.4 is 0 Å². The largest absolute Gasteiger partial charge is 0.423 e. The third-order valence-corrected chi connectivity index (χ3v) is 2.10. The van der Waals surface area contributed by atoms with E-state index in [2.05, 4.69) is 9.97 Å². The molecule has 2 rings (SSSR count). The van der Waals surface area contributed by atoms with Crippen molar-refractivity contribution in [3.8, 4) is 0 Å². The van der Waals surface area contributed by atoms with Gasteiger partial charge in [-0.25, -0.2) is 4.98 Å². The van der Waals surface area contributed by atoms with Crippen LogP contribution in [0.25, 0.3) is 11.0 Å². The summed E-state index contributed by atoms with van der Waals surface area (Å²) in [5, 5.41) is 10.7. The van der Waals surface area contributed by atoms with Gasteiger partial charge in [-0.3, -0.25) is 15.1 Å². The number of nitrogens with zero attached hydrogens (tertiary/aromatic N) is 3. The predicted molar refractivity (Wildman–Crippen MR) is 51.2 cm³/mol. The summed E-state index contributed by atoms with van der Waals surface area (Å²) in [6.45, 7) is 0. The van der Waals surface area contributed by atoms with Crippen molar-refractivity contribution in [3.63, 3.8) is 0 Å². The molecule has 0 amide bonds. The van der Waals surface area contributed by atoms with Crippen LogP contribution in [-0.2, 0) is 6.18 Å². The van der Waals surface area contributed by atoms with E-state index >= 15 is 0 Å². The fourth-order valence-electron chi connectivity index (χ4n) is 1.44. The van der Waals surface area contributed by atoms with Crippen molar-refractivity contribution >= 4 is 16.7 Å². The molecule has 88 valence electrons. The number of hydrogen-bond acceptors (Lipinski definition) is 4. The highest BCUT2D eigenvalue weighted by Gasteiger charge is 2.39. The van der Waals surface area contributed by atoms with Gasteiger partial charge in [-0.05, 0) is 12.1 Å². The maximum Gasteiger partial charge on any atom is 0.423 e. The number of nitro groups is 1. The van der Waals surface area contributed by atoms with E-state index in [1.54, 1.807) is 0 Å². The minimum absolute atomic E-state index is 0.0483. The van der Waals surface area contributed by atoms with Crippen LogP contribution in [0, 0.1) is 10.1 Å².